The van der Waals surface area contributed by atoms with Crippen LogP contribution in [0.3, 0.4) is 0 Å². The van der Waals surface area contributed by atoms with Crippen molar-refractivity contribution in [1.82, 2.24) is 10.2 Å². The van der Waals surface area contributed by atoms with E-state index in [9.17, 15) is 4.79 Å². The molecular formula is C26H30N4O2. The van der Waals surface area contributed by atoms with Gasteiger partial charge in [0.1, 0.15) is 5.75 Å². The maximum absolute atomic E-state index is 12.3. The number of anilines is 2. The molecule has 0 unspecified atom stereocenters. The van der Waals surface area contributed by atoms with Crippen LogP contribution < -0.4 is 15.0 Å². The third-order valence-corrected chi connectivity index (χ3v) is 5.84. The van der Waals surface area contributed by atoms with Crippen LogP contribution in [0.2, 0.25) is 0 Å². The number of amides is 1. The second-order valence-electron chi connectivity index (χ2n) is 8.15. The van der Waals surface area contributed by atoms with E-state index in [0.717, 1.165) is 47.2 Å². The normalized spacial score (nSPS) is 14.0. The molecule has 1 aliphatic heterocycles. The lowest BCUT2D eigenvalue weighted by Crippen LogP contribution is -2.25. The molecule has 0 bridgehead atoms. The third kappa shape index (κ3) is 5.84. The SMILES string of the molecule is COc1ccc(CCC(=O)Nc2ccc(-c3ccc(N4CCCCCC4)nn3)cc2)cc1. The molecule has 1 saturated heterocycles. The molecule has 2 aromatic carbocycles. The summed E-state index contributed by atoms with van der Waals surface area (Å²) in [6.07, 6.45) is 6.15. The van der Waals surface area contributed by atoms with Crippen LogP contribution >= 0.6 is 0 Å². The Bertz CT molecular complexity index is 994. The first kappa shape index (κ1) is 21.8. The number of carbonyl (C=O) groups is 1. The molecule has 3 aromatic rings. The fraction of sp³-hybridized carbons (Fsp3) is 0.346. The topological polar surface area (TPSA) is 67.3 Å². The minimum absolute atomic E-state index is 0.00448. The maximum Gasteiger partial charge on any atom is 0.224 e. The molecule has 1 aromatic heterocycles. The van der Waals surface area contributed by atoms with E-state index in [2.05, 4.69) is 26.5 Å². The first-order valence-electron chi connectivity index (χ1n) is 11.3. The van der Waals surface area contributed by atoms with Crippen LogP contribution in [0, 0.1) is 0 Å². The number of nitrogens with zero attached hydrogens (tertiary/aromatic N) is 3. The second-order valence-corrected chi connectivity index (χ2v) is 8.15. The molecule has 1 amide bonds. The van der Waals surface area contributed by atoms with E-state index in [-0.39, 0.29) is 5.91 Å². The molecule has 6 heteroatoms. The number of hydrogen-bond acceptors (Lipinski definition) is 5. The maximum atomic E-state index is 12.3. The molecule has 1 fully saturated rings. The monoisotopic (exact) mass is 430 g/mol. The number of hydrogen-bond donors (Lipinski definition) is 1. The van der Waals surface area contributed by atoms with Crippen LogP contribution in [-0.4, -0.2) is 36.3 Å². The van der Waals surface area contributed by atoms with Gasteiger partial charge in [-0.15, -0.1) is 10.2 Å². The molecule has 6 nitrogen and oxygen atoms in total. The van der Waals surface area contributed by atoms with Gasteiger partial charge in [-0.25, -0.2) is 0 Å². The average molecular weight is 431 g/mol. The molecule has 0 aliphatic carbocycles. The Morgan fingerprint density at radius 2 is 1.62 bits per heavy atom. The zero-order chi connectivity index (χ0) is 22.2. The Hall–Kier alpha value is -3.41. The Labute approximate surface area is 189 Å². The van der Waals surface area contributed by atoms with Crippen LogP contribution in [0.25, 0.3) is 11.3 Å². The summed E-state index contributed by atoms with van der Waals surface area (Å²) in [7, 11) is 1.64. The number of carbonyl (C=O) groups excluding carboxylic acids is 1. The molecule has 166 valence electrons. The van der Waals surface area contributed by atoms with Crippen molar-refractivity contribution < 1.29 is 9.53 Å². The molecular weight excluding hydrogens is 400 g/mol. The van der Waals surface area contributed by atoms with E-state index in [4.69, 9.17) is 4.74 Å². The van der Waals surface area contributed by atoms with E-state index in [1.54, 1.807) is 7.11 Å². The summed E-state index contributed by atoms with van der Waals surface area (Å²) < 4.78 is 5.16. The zero-order valence-corrected chi connectivity index (χ0v) is 18.6. The lowest BCUT2D eigenvalue weighted by atomic mass is 10.1. The summed E-state index contributed by atoms with van der Waals surface area (Å²) in [4.78, 5) is 14.6. The van der Waals surface area contributed by atoms with E-state index in [1.807, 2.05) is 54.6 Å². The quantitative estimate of drug-likeness (QED) is 0.565. The van der Waals surface area contributed by atoms with Gasteiger partial charge in [-0.05, 0) is 61.2 Å². The van der Waals surface area contributed by atoms with Crippen molar-refractivity contribution in [2.75, 3.05) is 30.4 Å². The summed E-state index contributed by atoms with van der Waals surface area (Å²) >= 11 is 0. The second kappa shape index (κ2) is 10.8. The number of rotatable bonds is 7. The number of nitrogens with one attached hydrogen (secondary N) is 1. The minimum Gasteiger partial charge on any atom is -0.497 e. The lowest BCUT2D eigenvalue weighted by Gasteiger charge is -2.20. The Kier molecular flexibility index (Phi) is 7.33. The van der Waals surface area contributed by atoms with Crippen LogP contribution in [0.5, 0.6) is 5.75 Å². The third-order valence-electron chi connectivity index (χ3n) is 5.84. The molecule has 0 atom stereocenters. The highest BCUT2D eigenvalue weighted by atomic mass is 16.5. The lowest BCUT2D eigenvalue weighted by molar-refractivity contribution is -0.116. The standard InChI is InChI=1S/C26H30N4O2/c1-32-23-13-6-20(7-14-23)8-17-26(31)27-22-11-9-21(10-12-22)24-15-16-25(29-28-24)30-18-4-2-3-5-19-30/h6-7,9-16H,2-5,8,17-19H2,1H3,(H,27,31). The van der Waals surface area contributed by atoms with Crippen molar-refractivity contribution in [3.8, 4) is 17.0 Å². The number of methoxy groups -OCH3 is 1. The minimum atomic E-state index is -0.00448. The molecule has 0 spiro atoms. The fourth-order valence-electron chi connectivity index (χ4n) is 3.95. The fourth-order valence-corrected chi connectivity index (χ4v) is 3.95. The molecule has 0 saturated carbocycles. The highest BCUT2D eigenvalue weighted by molar-refractivity contribution is 5.91. The van der Waals surface area contributed by atoms with Gasteiger partial charge in [-0.1, -0.05) is 37.1 Å². The van der Waals surface area contributed by atoms with Gasteiger partial charge in [0.15, 0.2) is 5.82 Å². The molecule has 32 heavy (non-hydrogen) atoms. The predicted octanol–water partition coefficient (Wildman–Crippen LogP) is 5.10. The predicted molar refractivity (Wildman–Crippen MR) is 128 cm³/mol. The summed E-state index contributed by atoms with van der Waals surface area (Å²) in [6.45, 7) is 2.11. The highest BCUT2D eigenvalue weighted by Gasteiger charge is 2.12. The molecule has 2 heterocycles. The van der Waals surface area contributed by atoms with Gasteiger partial charge < -0.3 is 15.0 Å². The van der Waals surface area contributed by atoms with Gasteiger partial charge in [0.25, 0.3) is 0 Å². The van der Waals surface area contributed by atoms with Crippen LogP contribution in [0.1, 0.15) is 37.7 Å². The number of ether oxygens (including phenoxy) is 1. The van der Waals surface area contributed by atoms with Crippen LogP contribution in [0.4, 0.5) is 11.5 Å². The summed E-state index contributed by atoms with van der Waals surface area (Å²) in [5, 5.41) is 11.9. The largest absolute Gasteiger partial charge is 0.497 e. The van der Waals surface area contributed by atoms with Gasteiger partial charge in [0.2, 0.25) is 5.91 Å². The number of aryl methyl sites for hydroxylation is 1. The van der Waals surface area contributed by atoms with Crippen LogP contribution in [-0.2, 0) is 11.2 Å². The van der Waals surface area contributed by atoms with Crippen LogP contribution in [0.15, 0.2) is 60.7 Å². The molecule has 4 rings (SSSR count). The average Bonchev–Trinajstić information content (AvgIpc) is 3.13. The zero-order valence-electron chi connectivity index (χ0n) is 18.6. The van der Waals surface area contributed by atoms with Gasteiger partial charge >= 0.3 is 0 Å². The first-order valence-corrected chi connectivity index (χ1v) is 11.3. The summed E-state index contributed by atoms with van der Waals surface area (Å²) in [5.41, 5.74) is 3.71. The van der Waals surface area contributed by atoms with Gasteiger partial charge in [0, 0.05) is 30.8 Å². The Morgan fingerprint density at radius 1 is 0.906 bits per heavy atom. The van der Waals surface area contributed by atoms with Crippen molar-refractivity contribution in [2.45, 2.75) is 38.5 Å². The van der Waals surface area contributed by atoms with E-state index in [1.165, 1.54) is 25.7 Å². The molecule has 0 radical (unpaired) electrons. The van der Waals surface area contributed by atoms with Gasteiger partial charge in [-0.3, -0.25) is 4.79 Å². The Morgan fingerprint density at radius 3 is 2.25 bits per heavy atom. The summed E-state index contributed by atoms with van der Waals surface area (Å²) in [6, 6.07) is 19.6. The van der Waals surface area contributed by atoms with E-state index in [0.29, 0.717) is 12.8 Å². The first-order chi connectivity index (χ1) is 15.7. The van der Waals surface area contributed by atoms with Crippen molar-refractivity contribution in [2.24, 2.45) is 0 Å². The highest BCUT2D eigenvalue weighted by Crippen LogP contribution is 2.22. The van der Waals surface area contributed by atoms with Gasteiger partial charge in [-0.2, -0.15) is 0 Å². The Balaban J connectivity index is 1.30. The molecule has 1 aliphatic rings. The van der Waals surface area contributed by atoms with Crippen molar-refractivity contribution in [3.63, 3.8) is 0 Å². The van der Waals surface area contributed by atoms with Crippen molar-refractivity contribution in [3.05, 3.63) is 66.2 Å². The van der Waals surface area contributed by atoms with E-state index < -0.39 is 0 Å². The van der Waals surface area contributed by atoms with Crippen molar-refractivity contribution >= 4 is 17.4 Å². The smallest absolute Gasteiger partial charge is 0.224 e. The van der Waals surface area contributed by atoms with Crippen molar-refractivity contribution in [1.29, 1.82) is 0 Å². The summed E-state index contributed by atoms with van der Waals surface area (Å²) in [5.74, 6) is 1.77. The van der Waals surface area contributed by atoms with Gasteiger partial charge in [0.05, 0.1) is 12.8 Å². The number of benzene rings is 2. The molecule has 1 N–H and O–H groups in total. The van der Waals surface area contributed by atoms with E-state index >= 15 is 0 Å². The number of aromatic nitrogens is 2.